The van der Waals surface area contributed by atoms with Crippen molar-refractivity contribution in [3.8, 4) is 6.07 Å². The standard InChI is InChI=1S/C15H14N2O2S2/c1-11-13-7-9-20-14(13)6-8-17(11)21(18,19)15-5-3-2-4-12(15)10-16/h2-5,7,9,11H,6,8H2,1H3. The van der Waals surface area contributed by atoms with Gasteiger partial charge in [0.05, 0.1) is 10.5 Å². The number of sulfonamides is 1. The highest BCUT2D eigenvalue weighted by molar-refractivity contribution is 7.89. The Labute approximate surface area is 128 Å². The number of hydrogen-bond acceptors (Lipinski definition) is 4. The molecule has 6 heteroatoms. The van der Waals surface area contributed by atoms with Gasteiger partial charge in [-0.15, -0.1) is 11.3 Å². The van der Waals surface area contributed by atoms with E-state index >= 15 is 0 Å². The molecule has 0 aliphatic carbocycles. The zero-order chi connectivity index (χ0) is 15.0. The van der Waals surface area contributed by atoms with Crippen molar-refractivity contribution >= 4 is 21.4 Å². The van der Waals surface area contributed by atoms with Crippen LogP contribution in [0.4, 0.5) is 0 Å². The molecule has 2 heterocycles. The molecular formula is C15H14N2O2S2. The summed E-state index contributed by atoms with van der Waals surface area (Å²) in [6.45, 7) is 2.36. The van der Waals surface area contributed by atoms with E-state index in [1.807, 2.05) is 24.4 Å². The van der Waals surface area contributed by atoms with E-state index in [1.165, 1.54) is 21.3 Å². The molecule has 1 unspecified atom stereocenters. The summed E-state index contributed by atoms with van der Waals surface area (Å²) in [4.78, 5) is 1.35. The van der Waals surface area contributed by atoms with Crippen LogP contribution < -0.4 is 0 Å². The second-order valence-corrected chi connectivity index (χ2v) is 7.81. The molecule has 1 aromatic heterocycles. The summed E-state index contributed by atoms with van der Waals surface area (Å²) in [6.07, 6.45) is 0.727. The molecule has 1 aliphatic heterocycles. The van der Waals surface area contributed by atoms with Gasteiger partial charge in [0.25, 0.3) is 0 Å². The first-order chi connectivity index (χ1) is 10.1. The van der Waals surface area contributed by atoms with E-state index in [2.05, 4.69) is 0 Å². The first kappa shape index (κ1) is 14.3. The third-order valence-electron chi connectivity index (χ3n) is 3.82. The second-order valence-electron chi connectivity index (χ2n) is 4.95. The van der Waals surface area contributed by atoms with Crippen molar-refractivity contribution in [2.75, 3.05) is 6.54 Å². The molecule has 1 aromatic carbocycles. The van der Waals surface area contributed by atoms with Crippen LogP contribution in [0, 0.1) is 11.3 Å². The first-order valence-corrected chi connectivity index (χ1v) is 8.95. The van der Waals surface area contributed by atoms with Gasteiger partial charge in [-0.25, -0.2) is 8.42 Å². The van der Waals surface area contributed by atoms with Crippen molar-refractivity contribution in [3.63, 3.8) is 0 Å². The zero-order valence-corrected chi connectivity index (χ0v) is 13.1. The highest BCUT2D eigenvalue weighted by atomic mass is 32.2. The monoisotopic (exact) mass is 318 g/mol. The van der Waals surface area contributed by atoms with Gasteiger partial charge in [-0.3, -0.25) is 0 Å². The van der Waals surface area contributed by atoms with E-state index in [0.29, 0.717) is 6.54 Å². The Morgan fingerprint density at radius 3 is 2.86 bits per heavy atom. The lowest BCUT2D eigenvalue weighted by atomic mass is 10.0. The van der Waals surface area contributed by atoms with E-state index in [1.54, 1.807) is 23.5 Å². The number of nitriles is 1. The van der Waals surface area contributed by atoms with Crippen LogP contribution in [0.5, 0.6) is 0 Å². The number of hydrogen-bond donors (Lipinski definition) is 0. The largest absolute Gasteiger partial charge is 0.244 e. The maximum atomic E-state index is 12.9. The van der Waals surface area contributed by atoms with Crippen LogP contribution in [-0.2, 0) is 16.4 Å². The molecule has 1 atom stereocenters. The molecule has 0 saturated heterocycles. The minimum atomic E-state index is -3.66. The maximum Gasteiger partial charge on any atom is 0.244 e. The molecule has 0 amide bonds. The summed E-state index contributed by atoms with van der Waals surface area (Å²) in [5.74, 6) is 0. The minimum absolute atomic E-state index is 0.0954. The van der Waals surface area contributed by atoms with Gasteiger partial charge < -0.3 is 0 Å². The summed E-state index contributed by atoms with van der Waals surface area (Å²) in [5.41, 5.74) is 1.27. The molecule has 0 saturated carbocycles. The molecular weight excluding hydrogens is 304 g/mol. The second kappa shape index (κ2) is 5.26. The van der Waals surface area contributed by atoms with E-state index in [0.717, 1.165) is 12.0 Å². The van der Waals surface area contributed by atoms with Gasteiger partial charge in [0.2, 0.25) is 10.0 Å². The number of thiophene rings is 1. The summed E-state index contributed by atoms with van der Waals surface area (Å²) >= 11 is 1.67. The van der Waals surface area contributed by atoms with Crippen molar-refractivity contribution in [1.82, 2.24) is 4.31 Å². The van der Waals surface area contributed by atoms with Crippen LogP contribution >= 0.6 is 11.3 Å². The summed E-state index contributed by atoms with van der Waals surface area (Å²) < 4.78 is 27.3. The van der Waals surface area contributed by atoms with Crippen molar-refractivity contribution in [2.45, 2.75) is 24.3 Å². The fourth-order valence-corrected chi connectivity index (χ4v) is 5.44. The van der Waals surface area contributed by atoms with Gasteiger partial charge in [-0.1, -0.05) is 12.1 Å². The Morgan fingerprint density at radius 2 is 2.10 bits per heavy atom. The van der Waals surface area contributed by atoms with Crippen LogP contribution in [-0.4, -0.2) is 19.3 Å². The molecule has 0 bridgehead atoms. The predicted octanol–water partition coefficient (Wildman–Crippen LogP) is 2.93. The molecule has 21 heavy (non-hydrogen) atoms. The van der Waals surface area contributed by atoms with E-state index in [-0.39, 0.29) is 16.5 Å². The van der Waals surface area contributed by atoms with Gasteiger partial charge >= 0.3 is 0 Å². The van der Waals surface area contributed by atoms with Gasteiger partial charge in [-0.05, 0) is 42.5 Å². The number of fused-ring (bicyclic) bond motifs is 1. The number of rotatable bonds is 2. The molecule has 2 aromatic rings. The highest BCUT2D eigenvalue weighted by Gasteiger charge is 2.35. The summed E-state index contributed by atoms with van der Waals surface area (Å²) in [5, 5.41) is 11.1. The average molecular weight is 318 g/mol. The number of nitrogens with zero attached hydrogens (tertiary/aromatic N) is 2. The van der Waals surface area contributed by atoms with Crippen LogP contribution in [0.25, 0.3) is 0 Å². The summed E-state index contributed by atoms with van der Waals surface area (Å²) in [6, 6.07) is 10.1. The molecule has 1 aliphatic rings. The van der Waals surface area contributed by atoms with Crippen LogP contribution in [0.2, 0.25) is 0 Å². The predicted molar refractivity (Wildman–Crippen MR) is 81.5 cm³/mol. The molecule has 4 nitrogen and oxygen atoms in total. The molecule has 3 rings (SSSR count). The van der Waals surface area contributed by atoms with Gasteiger partial charge in [0.15, 0.2) is 0 Å². The smallest absolute Gasteiger partial charge is 0.207 e. The van der Waals surface area contributed by atoms with Crippen LogP contribution in [0.3, 0.4) is 0 Å². The van der Waals surface area contributed by atoms with Crippen molar-refractivity contribution in [2.24, 2.45) is 0 Å². The lowest BCUT2D eigenvalue weighted by Crippen LogP contribution is -2.38. The highest BCUT2D eigenvalue weighted by Crippen LogP contribution is 2.36. The van der Waals surface area contributed by atoms with Crippen molar-refractivity contribution in [3.05, 3.63) is 51.7 Å². The number of benzene rings is 1. The fourth-order valence-electron chi connectivity index (χ4n) is 2.73. The Morgan fingerprint density at radius 1 is 1.33 bits per heavy atom. The van der Waals surface area contributed by atoms with Crippen LogP contribution in [0.15, 0.2) is 40.6 Å². The lowest BCUT2D eigenvalue weighted by molar-refractivity contribution is 0.329. The minimum Gasteiger partial charge on any atom is -0.207 e. The summed E-state index contributed by atoms with van der Waals surface area (Å²) in [7, 11) is -3.66. The van der Waals surface area contributed by atoms with E-state index < -0.39 is 10.0 Å². The van der Waals surface area contributed by atoms with Crippen molar-refractivity contribution in [1.29, 1.82) is 5.26 Å². The first-order valence-electron chi connectivity index (χ1n) is 6.63. The van der Waals surface area contributed by atoms with Gasteiger partial charge in [0, 0.05) is 17.5 Å². The van der Waals surface area contributed by atoms with Crippen molar-refractivity contribution < 1.29 is 8.42 Å². The lowest BCUT2D eigenvalue weighted by Gasteiger charge is -2.32. The van der Waals surface area contributed by atoms with Gasteiger partial charge in [-0.2, -0.15) is 9.57 Å². The topological polar surface area (TPSA) is 61.2 Å². The maximum absolute atomic E-state index is 12.9. The Hall–Kier alpha value is -1.68. The molecule has 0 fully saturated rings. The Kier molecular flexibility index (Phi) is 3.57. The SMILES string of the molecule is CC1c2ccsc2CCN1S(=O)(=O)c1ccccc1C#N. The van der Waals surface area contributed by atoms with E-state index in [4.69, 9.17) is 5.26 Å². The average Bonchev–Trinajstić information content (AvgIpc) is 2.96. The third kappa shape index (κ3) is 2.27. The van der Waals surface area contributed by atoms with E-state index in [9.17, 15) is 8.42 Å². The Bertz CT molecular complexity index is 818. The molecule has 108 valence electrons. The van der Waals surface area contributed by atoms with Gasteiger partial charge in [0.1, 0.15) is 6.07 Å². The fraction of sp³-hybridized carbons (Fsp3) is 0.267. The third-order valence-corrected chi connectivity index (χ3v) is 6.84. The molecule has 0 N–H and O–H groups in total. The normalized spacial score (nSPS) is 19.0. The Balaban J connectivity index is 2.06. The quantitative estimate of drug-likeness (QED) is 0.855. The van der Waals surface area contributed by atoms with Crippen LogP contribution in [0.1, 0.15) is 29.0 Å². The molecule has 0 radical (unpaired) electrons. The molecule has 0 spiro atoms. The zero-order valence-electron chi connectivity index (χ0n) is 11.5.